The molecule has 0 spiro atoms. The zero-order valence-corrected chi connectivity index (χ0v) is 63.4. The summed E-state index contributed by atoms with van der Waals surface area (Å²) in [7, 11) is 0. The van der Waals surface area contributed by atoms with Crippen LogP contribution in [0.5, 0.6) is 0 Å². The Morgan fingerprint density at radius 2 is 1.13 bits per heavy atom. The maximum absolute atomic E-state index is 15.0. The van der Waals surface area contributed by atoms with Gasteiger partial charge in [0, 0.05) is 139 Å². The normalized spacial score (nSPS) is 22.9. The number of aliphatic hydroxyl groups is 1. The highest BCUT2D eigenvalue weighted by atomic mass is 32.2. The van der Waals surface area contributed by atoms with Crippen LogP contribution in [0.2, 0.25) is 0 Å². The summed E-state index contributed by atoms with van der Waals surface area (Å²) in [6.07, 6.45) is 1.56. The number of nitrogens with two attached hydrogens (primary N) is 2. The number of unbranched alkanes of at least 4 members (excludes halogenated alkanes) is 2. The molecule has 3 saturated heterocycles. The number of Topliss-reactive ketones (excluding diaryl/α,β-unsaturated/α-hetero) is 3. The number of ketones is 3. The van der Waals surface area contributed by atoms with Crippen molar-refractivity contribution in [2.24, 2.45) is 23.3 Å². The number of fused-ring (bicyclic) bond motifs is 4. The van der Waals surface area contributed by atoms with Gasteiger partial charge in [-0.2, -0.15) is 35.3 Å². The highest BCUT2D eigenvalue weighted by molar-refractivity contribution is 7.99. The Kier molecular flexibility index (Phi) is 37.9. The molecule has 106 heavy (non-hydrogen) atoms. The number of carbonyl (C=O) groups is 14. The molecule has 3 fully saturated rings. The fourth-order valence-corrected chi connectivity index (χ4v) is 16.5. The molecular formula is C73H108N12O18S3. The number of nitrogens with one attached hydrogen (secondary N) is 4. The summed E-state index contributed by atoms with van der Waals surface area (Å²) < 4.78 is 0. The lowest BCUT2D eigenvalue weighted by molar-refractivity contribution is -0.148. The summed E-state index contributed by atoms with van der Waals surface area (Å²) in [6.45, 7) is 4.73. The first kappa shape index (κ1) is 87.4. The number of aliphatic carboxylic acids is 3. The van der Waals surface area contributed by atoms with Crippen LogP contribution >= 0.6 is 35.3 Å². The third-order valence-corrected chi connectivity index (χ3v) is 22.6. The summed E-state index contributed by atoms with van der Waals surface area (Å²) in [4.78, 5) is 199. The van der Waals surface area contributed by atoms with Crippen molar-refractivity contribution in [1.29, 1.82) is 0 Å². The van der Waals surface area contributed by atoms with E-state index in [1.807, 2.05) is 30.0 Å². The third-order valence-electron chi connectivity index (χ3n) is 19.1. The van der Waals surface area contributed by atoms with E-state index < -0.39 is 126 Å². The molecule has 0 saturated carbocycles. The van der Waals surface area contributed by atoms with Crippen LogP contribution in [0.25, 0.3) is 0 Å². The summed E-state index contributed by atoms with van der Waals surface area (Å²) in [5, 5.41) is 50.7. The Bertz CT molecular complexity index is 3310. The average molecular weight is 1540 g/mol. The van der Waals surface area contributed by atoms with Gasteiger partial charge in [0.2, 0.25) is 47.3 Å². The molecule has 2 aromatic rings. The van der Waals surface area contributed by atoms with Gasteiger partial charge in [0.05, 0.1) is 50.2 Å². The summed E-state index contributed by atoms with van der Waals surface area (Å²) in [5.41, 5.74) is 14.3. The standard InChI is InChI=1S/C73H108N12O18S3/c1-3-4-6-14-55(87)37-54-47-106-45-52-34-50(43-104-32-11-15-56(88)39-80-24-26-81(40-64(92)93)28-30-83(42-66(96)97)31-29-82(27-25-80)41-65(94)95)33-51(35-52)44-105-46-53(68(98)76-21-20-63(75)91)38-61(89)58(36-49-12-7-5-8-13-49)78-69(99)57(18-19-62(74)90)77-71(101)67(48(2)86)79-70(100)59-16-9-22-84(59)73(103)60-17-10-23-85(60)72(54)102/h5,7-8,12-13,33-35,48,53-54,57-60,67,86H,3-4,6,9-11,14-32,36-47H2,1-2H3,(H2,74,90)(H2,75,91)(H,76,98)(H,77,101)(H,78,99)(H,79,100)(H,92,93)(H,94,95)(H,96,97)/t48-,53+,54+,57+,58+,59+,60+,67+/m1/s1. The maximum atomic E-state index is 15.0. The van der Waals surface area contributed by atoms with Crippen LogP contribution in [0.3, 0.4) is 0 Å². The van der Waals surface area contributed by atoms with Gasteiger partial charge in [-0.3, -0.25) is 86.7 Å². The number of primary amides is 2. The topological polar surface area (TPSA) is 439 Å². The molecule has 0 radical (unpaired) electrons. The van der Waals surface area contributed by atoms with Crippen LogP contribution < -0.4 is 32.7 Å². The lowest BCUT2D eigenvalue weighted by atomic mass is 9.94. The van der Waals surface area contributed by atoms with Gasteiger partial charge in [-0.15, -0.1) is 0 Å². The number of benzene rings is 2. The zero-order chi connectivity index (χ0) is 77.2. The number of hydrogen-bond acceptors (Lipinski definition) is 22. The largest absolute Gasteiger partial charge is 0.480 e. The van der Waals surface area contributed by atoms with Crippen molar-refractivity contribution in [2.45, 2.75) is 170 Å². The molecule has 2 bridgehead atoms. The minimum atomic E-state index is -1.70. The number of carbonyl (C=O) groups excluding carboxylic acids is 11. The second kappa shape index (κ2) is 46.0. The van der Waals surface area contributed by atoms with Crippen molar-refractivity contribution >= 4 is 118 Å². The van der Waals surface area contributed by atoms with Gasteiger partial charge < -0.3 is 63.0 Å². The molecule has 586 valence electrons. The number of carboxylic acids is 3. The lowest BCUT2D eigenvalue weighted by Crippen LogP contribution is -2.61. The lowest BCUT2D eigenvalue weighted by Gasteiger charge is -2.33. The Morgan fingerprint density at radius 3 is 1.69 bits per heavy atom. The molecule has 12 N–H and O–H groups in total. The van der Waals surface area contributed by atoms with Crippen LogP contribution in [0.4, 0.5) is 0 Å². The third kappa shape index (κ3) is 31.0. The molecular weight excluding hydrogens is 1430 g/mol. The van der Waals surface area contributed by atoms with Gasteiger partial charge in [0.1, 0.15) is 35.7 Å². The number of aliphatic hydroxyl groups excluding tert-OH is 1. The van der Waals surface area contributed by atoms with Gasteiger partial charge in [-0.25, -0.2) is 0 Å². The van der Waals surface area contributed by atoms with E-state index in [0.717, 1.165) is 29.5 Å². The van der Waals surface area contributed by atoms with E-state index >= 15 is 4.79 Å². The van der Waals surface area contributed by atoms with Crippen LogP contribution in [0.1, 0.15) is 132 Å². The Balaban J connectivity index is 1.30. The van der Waals surface area contributed by atoms with Crippen molar-refractivity contribution < 1.29 is 87.5 Å². The molecule has 6 rings (SSSR count). The molecule has 0 aliphatic carbocycles. The quantitative estimate of drug-likeness (QED) is 0.0492. The molecule has 4 aliphatic heterocycles. The second-order valence-electron chi connectivity index (χ2n) is 27.9. The van der Waals surface area contributed by atoms with Gasteiger partial charge in [0.25, 0.3) is 0 Å². The van der Waals surface area contributed by atoms with E-state index in [2.05, 4.69) is 21.3 Å². The minimum Gasteiger partial charge on any atom is -0.480 e. The highest BCUT2D eigenvalue weighted by Gasteiger charge is 2.45. The van der Waals surface area contributed by atoms with Gasteiger partial charge in [-0.1, -0.05) is 68.3 Å². The summed E-state index contributed by atoms with van der Waals surface area (Å²) in [6, 6.07) is 8.08. The van der Waals surface area contributed by atoms with Crippen LogP contribution in [-0.4, -0.2) is 284 Å². The Hall–Kier alpha value is -7.53. The molecule has 33 heteroatoms. The molecule has 8 atom stereocenters. The smallest absolute Gasteiger partial charge is 0.317 e. The number of rotatable bonds is 30. The van der Waals surface area contributed by atoms with Gasteiger partial charge in [-0.05, 0) is 86.3 Å². The number of nitrogens with zero attached hydrogens (tertiary/aromatic N) is 6. The van der Waals surface area contributed by atoms with E-state index in [1.54, 1.807) is 56.8 Å². The minimum absolute atomic E-state index is 0.0378. The highest BCUT2D eigenvalue weighted by Crippen LogP contribution is 2.31. The first-order chi connectivity index (χ1) is 50.7. The van der Waals surface area contributed by atoms with E-state index in [0.29, 0.717) is 73.8 Å². The van der Waals surface area contributed by atoms with Crippen LogP contribution in [0.15, 0.2) is 48.5 Å². The van der Waals surface area contributed by atoms with Crippen molar-refractivity contribution in [3.8, 4) is 0 Å². The zero-order valence-electron chi connectivity index (χ0n) is 61.0. The fraction of sp³-hybridized carbons (Fsp3) is 0.644. The predicted molar refractivity (Wildman–Crippen MR) is 401 cm³/mol. The molecule has 0 unspecified atom stereocenters. The molecule has 0 aromatic heterocycles. The van der Waals surface area contributed by atoms with Crippen molar-refractivity contribution in [2.75, 3.05) is 115 Å². The SMILES string of the molecule is CCCCCC(=O)C[C@H]1CSCc2cc(CSCCCC(=O)CN3CCN(CC(=O)O)CCN(CC(=O)O)CCN(CC(=O)O)CC3)cc(c2)CSC[C@@H](C(=O)NCCC(N)=O)CC(=O)[C@H](Cc2ccccc2)NC(=O)[C@H](CCC(N)=O)NC(=O)[C@H]([C@@H](C)O)NC(=O)[C@@H]2CCCN2C(=O)[C@@H]2CCCN2C1=O. The Labute approximate surface area is 632 Å². The maximum Gasteiger partial charge on any atom is 0.317 e. The molecule has 2 aromatic carbocycles. The first-order valence-corrected chi connectivity index (χ1v) is 40.2. The number of hydrogen-bond donors (Lipinski definition) is 10. The molecule has 30 nitrogen and oxygen atoms in total. The molecule has 4 aliphatic rings. The summed E-state index contributed by atoms with van der Waals surface area (Å²) in [5.74, 6) is -9.40. The van der Waals surface area contributed by atoms with Crippen molar-refractivity contribution in [1.82, 2.24) is 50.7 Å². The van der Waals surface area contributed by atoms with E-state index in [-0.39, 0.29) is 159 Å². The summed E-state index contributed by atoms with van der Waals surface area (Å²) >= 11 is 4.41. The number of thioether (sulfide) groups is 3. The van der Waals surface area contributed by atoms with Gasteiger partial charge in [0.15, 0.2) is 5.78 Å². The van der Waals surface area contributed by atoms with Crippen LogP contribution in [0, 0.1) is 11.8 Å². The van der Waals surface area contributed by atoms with Gasteiger partial charge >= 0.3 is 17.9 Å². The Morgan fingerprint density at radius 1 is 0.594 bits per heavy atom. The molecule has 8 amide bonds. The number of carboxylic acid groups (broad SMARTS) is 3. The molecule has 4 heterocycles. The van der Waals surface area contributed by atoms with Crippen molar-refractivity contribution in [3.63, 3.8) is 0 Å². The van der Waals surface area contributed by atoms with Crippen LogP contribution in [-0.2, 0) is 90.8 Å². The fourth-order valence-electron chi connectivity index (χ4n) is 13.5. The predicted octanol–water partition coefficient (Wildman–Crippen LogP) is 1.27. The van der Waals surface area contributed by atoms with E-state index in [9.17, 15) is 82.8 Å². The second-order valence-corrected chi connectivity index (χ2v) is 31.0. The van der Waals surface area contributed by atoms with Crippen molar-refractivity contribution in [3.05, 3.63) is 70.8 Å². The number of amides is 8. The monoisotopic (exact) mass is 1540 g/mol. The average Bonchev–Trinajstić information content (AvgIpc) is 1.64. The van der Waals surface area contributed by atoms with E-state index in [4.69, 9.17) is 11.5 Å². The first-order valence-electron chi connectivity index (χ1n) is 36.7. The van der Waals surface area contributed by atoms with E-state index in [1.165, 1.54) is 40.2 Å².